The number of aryl methyl sites for hydroxylation is 1. The van der Waals surface area contributed by atoms with Crippen molar-refractivity contribution >= 4 is 23.3 Å². The first-order valence-corrected chi connectivity index (χ1v) is 10.9. The van der Waals surface area contributed by atoms with Crippen molar-refractivity contribution in [3.8, 4) is 11.5 Å². The number of hydrogen-bond donors (Lipinski definition) is 2. The number of ether oxygens (including phenoxy) is 2. The number of rotatable bonds is 4. The molecule has 3 heterocycles. The molecule has 192 valence electrons. The molecule has 0 saturated heterocycles. The van der Waals surface area contributed by atoms with E-state index < -0.39 is 17.8 Å². The molecule has 5 rings (SSSR count). The summed E-state index contributed by atoms with van der Waals surface area (Å²) in [6, 6.07) is 14.2. The summed E-state index contributed by atoms with van der Waals surface area (Å²) >= 11 is 0. The summed E-state index contributed by atoms with van der Waals surface area (Å²) in [5.74, 6) is -0.261. The lowest BCUT2D eigenvalue weighted by atomic mass is 9.81. The van der Waals surface area contributed by atoms with Crippen molar-refractivity contribution < 1.29 is 37.3 Å². The molecule has 37 heavy (non-hydrogen) atoms. The second kappa shape index (κ2) is 10.2. The summed E-state index contributed by atoms with van der Waals surface area (Å²) in [6.45, 7) is 0.0214. The fraction of sp³-hybridized carbons (Fsp3) is 0.200. The Kier molecular flexibility index (Phi) is 7.00. The SMILES string of the molecule is Cn1cc2cccc(C(=O)NC3(c4ccc(OC(F)(F)F)cc4)CCOc4cccnc43)c2n1.O=CO. The first-order chi connectivity index (χ1) is 17.7. The second-order valence-corrected chi connectivity index (χ2v) is 8.03. The molecule has 2 N–H and O–H groups in total. The van der Waals surface area contributed by atoms with Crippen LogP contribution in [0.15, 0.2) is 67.0 Å². The number of nitrogens with zero attached hydrogens (tertiary/aromatic N) is 3. The van der Waals surface area contributed by atoms with Crippen LogP contribution < -0.4 is 14.8 Å². The Balaban J connectivity index is 0.00000102. The molecule has 2 aromatic heterocycles. The molecule has 4 aromatic rings. The number of pyridine rings is 1. The molecule has 2 aromatic carbocycles. The molecule has 1 amide bonds. The van der Waals surface area contributed by atoms with Gasteiger partial charge in [-0.05, 0) is 35.9 Å². The number of carboxylic acid groups (broad SMARTS) is 1. The molecule has 0 bridgehead atoms. The van der Waals surface area contributed by atoms with Gasteiger partial charge in [0.05, 0.1) is 12.2 Å². The van der Waals surface area contributed by atoms with Crippen LogP contribution >= 0.6 is 0 Å². The highest BCUT2D eigenvalue weighted by Gasteiger charge is 2.43. The van der Waals surface area contributed by atoms with Crippen LogP contribution in [0.2, 0.25) is 0 Å². The molecule has 0 aliphatic carbocycles. The van der Waals surface area contributed by atoms with Gasteiger partial charge in [0.25, 0.3) is 12.4 Å². The van der Waals surface area contributed by atoms with Crippen molar-refractivity contribution in [2.45, 2.75) is 18.3 Å². The van der Waals surface area contributed by atoms with Crippen molar-refractivity contribution in [2.75, 3.05) is 6.61 Å². The largest absolute Gasteiger partial charge is 0.573 e. The zero-order valence-electron chi connectivity index (χ0n) is 19.4. The normalized spacial score (nSPS) is 16.5. The number of aromatic nitrogens is 3. The van der Waals surface area contributed by atoms with Gasteiger partial charge < -0.3 is 19.9 Å². The zero-order chi connectivity index (χ0) is 26.6. The highest BCUT2D eigenvalue weighted by molar-refractivity contribution is 6.06. The quantitative estimate of drug-likeness (QED) is 0.395. The third kappa shape index (κ3) is 5.32. The molecule has 1 unspecified atom stereocenters. The topological polar surface area (TPSA) is 116 Å². The summed E-state index contributed by atoms with van der Waals surface area (Å²) in [6.07, 6.45) is -1.09. The van der Waals surface area contributed by atoms with Gasteiger partial charge in [0.2, 0.25) is 0 Å². The standard InChI is InChI=1S/C24H19F3N4O3.CH2O2/c1-31-14-15-4-2-5-18(20(15)30-31)22(32)29-23(11-13-33-19-6-3-12-28-21(19)23)16-7-9-17(10-8-16)34-24(25,26)27;2-1-3/h2-10,12,14H,11,13H2,1H3,(H,29,32);1H,(H,2,3). The summed E-state index contributed by atoms with van der Waals surface area (Å²) < 4.78 is 49.3. The van der Waals surface area contributed by atoms with Gasteiger partial charge in [0, 0.05) is 31.2 Å². The predicted octanol–water partition coefficient (Wildman–Crippen LogP) is 4.02. The molecular formula is C25H21F3N4O5. The van der Waals surface area contributed by atoms with Crippen molar-refractivity contribution in [3.05, 3.63) is 83.8 Å². The summed E-state index contributed by atoms with van der Waals surface area (Å²) in [4.78, 5) is 26.4. The van der Waals surface area contributed by atoms with E-state index >= 15 is 0 Å². The van der Waals surface area contributed by atoms with Crippen LogP contribution in [-0.4, -0.2) is 45.2 Å². The maximum Gasteiger partial charge on any atom is 0.573 e. The van der Waals surface area contributed by atoms with Crippen LogP contribution in [0.25, 0.3) is 10.9 Å². The molecule has 1 aliphatic heterocycles. The number of halogens is 3. The van der Waals surface area contributed by atoms with E-state index in [1.54, 1.807) is 42.2 Å². The number of fused-ring (bicyclic) bond motifs is 2. The third-order valence-corrected chi connectivity index (χ3v) is 5.71. The molecule has 1 atom stereocenters. The van der Waals surface area contributed by atoms with E-state index in [9.17, 15) is 18.0 Å². The van der Waals surface area contributed by atoms with E-state index in [1.807, 2.05) is 12.3 Å². The molecule has 9 nitrogen and oxygen atoms in total. The van der Waals surface area contributed by atoms with Gasteiger partial charge in [-0.15, -0.1) is 13.2 Å². The van der Waals surface area contributed by atoms with Gasteiger partial charge in [-0.25, -0.2) is 0 Å². The first kappa shape index (κ1) is 25.5. The number of carbonyl (C=O) groups is 2. The van der Waals surface area contributed by atoms with Crippen molar-refractivity contribution in [3.63, 3.8) is 0 Å². The van der Waals surface area contributed by atoms with E-state index in [0.29, 0.717) is 34.5 Å². The Bertz CT molecular complexity index is 1420. The van der Waals surface area contributed by atoms with Gasteiger partial charge in [-0.2, -0.15) is 5.10 Å². The minimum absolute atomic E-state index is 0.250. The van der Waals surface area contributed by atoms with Crippen LogP contribution in [0.4, 0.5) is 13.2 Å². The summed E-state index contributed by atoms with van der Waals surface area (Å²) in [5.41, 5.74) is 0.789. The maximum atomic E-state index is 13.6. The monoisotopic (exact) mass is 514 g/mol. The Morgan fingerprint density at radius 1 is 1.19 bits per heavy atom. The van der Waals surface area contributed by atoms with Crippen molar-refractivity contribution in [1.82, 2.24) is 20.1 Å². The van der Waals surface area contributed by atoms with Crippen LogP contribution in [-0.2, 0) is 17.4 Å². The second-order valence-electron chi connectivity index (χ2n) is 8.03. The smallest absolute Gasteiger partial charge is 0.491 e. The lowest BCUT2D eigenvalue weighted by Crippen LogP contribution is -2.50. The fourth-order valence-corrected chi connectivity index (χ4v) is 4.29. The Morgan fingerprint density at radius 2 is 1.92 bits per heavy atom. The van der Waals surface area contributed by atoms with Crippen LogP contribution in [0.5, 0.6) is 11.5 Å². The Hall–Kier alpha value is -4.61. The molecule has 0 saturated carbocycles. The average molecular weight is 514 g/mol. The number of amides is 1. The van der Waals surface area contributed by atoms with E-state index in [4.69, 9.17) is 14.6 Å². The van der Waals surface area contributed by atoms with Crippen LogP contribution in [0, 0.1) is 0 Å². The summed E-state index contributed by atoms with van der Waals surface area (Å²) in [7, 11) is 1.77. The molecule has 0 spiro atoms. The lowest BCUT2D eigenvalue weighted by Gasteiger charge is -2.39. The highest BCUT2D eigenvalue weighted by Crippen LogP contribution is 2.41. The molecule has 1 aliphatic rings. The van der Waals surface area contributed by atoms with Crippen molar-refractivity contribution in [1.29, 1.82) is 0 Å². The minimum Gasteiger partial charge on any atom is -0.491 e. The summed E-state index contributed by atoms with van der Waals surface area (Å²) in [5, 5.41) is 15.2. The van der Waals surface area contributed by atoms with Crippen LogP contribution in [0.1, 0.15) is 28.0 Å². The predicted molar refractivity (Wildman–Crippen MR) is 125 cm³/mol. The molecular weight excluding hydrogens is 493 g/mol. The van der Waals surface area contributed by atoms with Gasteiger partial charge in [0.1, 0.15) is 28.2 Å². The minimum atomic E-state index is -4.80. The van der Waals surface area contributed by atoms with Crippen LogP contribution in [0.3, 0.4) is 0 Å². The van der Waals surface area contributed by atoms with Gasteiger partial charge in [0.15, 0.2) is 0 Å². The van der Waals surface area contributed by atoms with E-state index in [1.165, 1.54) is 24.3 Å². The molecule has 0 fully saturated rings. The van der Waals surface area contributed by atoms with E-state index in [-0.39, 0.29) is 18.8 Å². The zero-order valence-corrected chi connectivity index (χ0v) is 19.4. The van der Waals surface area contributed by atoms with Gasteiger partial charge in [-0.1, -0.05) is 24.3 Å². The average Bonchev–Trinajstić information content (AvgIpc) is 3.24. The first-order valence-electron chi connectivity index (χ1n) is 10.9. The number of benzene rings is 2. The number of hydrogen-bond acceptors (Lipinski definition) is 6. The lowest BCUT2D eigenvalue weighted by molar-refractivity contribution is -0.274. The number of carbonyl (C=O) groups excluding carboxylic acids is 1. The Morgan fingerprint density at radius 3 is 2.62 bits per heavy atom. The Labute approximate surface area is 208 Å². The van der Waals surface area contributed by atoms with E-state index in [2.05, 4.69) is 20.1 Å². The highest BCUT2D eigenvalue weighted by atomic mass is 19.4. The van der Waals surface area contributed by atoms with Gasteiger partial charge in [-0.3, -0.25) is 19.3 Å². The van der Waals surface area contributed by atoms with Gasteiger partial charge >= 0.3 is 6.36 Å². The molecule has 12 heteroatoms. The molecule has 0 radical (unpaired) electrons. The maximum absolute atomic E-state index is 13.6. The number of alkyl halides is 3. The fourth-order valence-electron chi connectivity index (χ4n) is 4.29. The van der Waals surface area contributed by atoms with E-state index in [0.717, 1.165) is 5.39 Å². The number of nitrogens with one attached hydrogen (secondary N) is 1. The van der Waals surface area contributed by atoms with Crippen molar-refractivity contribution in [2.24, 2.45) is 7.05 Å². The third-order valence-electron chi connectivity index (χ3n) is 5.71.